The lowest BCUT2D eigenvalue weighted by molar-refractivity contribution is -0.139. The van der Waals surface area contributed by atoms with Crippen LogP contribution in [0.4, 0.5) is 0 Å². The fourth-order valence-electron chi connectivity index (χ4n) is 1.86. The molecule has 1 unspecified atom stereocenters. The van der Waals surface area contributed by atoms with Crippen molar-refractivity contribution in [3.05, 3.63) is 0 Å². The van der Waals surface area contributed by atoms with Gasteiger partial charge in [-0.05, 0) is 18.8 Å². The summed E-state index contributed by atoms with van der Waals surface area (Å²) in [5, 5.41) is 0. The van der Waals surface area contributed by atoms with Crippen LogP contribution in [0, 0.1) is 5.92 Å². The van der Waals surface area contributed by atoms with Crippen LogP contribution < -0.4 is 5.73 Å². The first-order chi connectivity index (χ1) is 6.81. The molecule has 2 fully saturated rings. The van der Waals surface area contributed by atoms with Crippen LogP contribution in [0.5, 0.6) is 0 Å². The smallest absolute Gasteiger partial charge is 0.223 e. The van der Waals surface area contributed by atoms with Crippen molar-refractivity contribution in [3.63, 3.8) is 0 Å². The van der Waals surface area contributed by atoms with Crippen LogP contribution in [-0.4, -0.2) is 43.2 Å². The Balaban J connectivity index is 1.87. The molecule has 0 aromatic heterocycles. The van der Waals surface area contributed by atoms with Crippen molar-refractivity contribution < 1.29 is 9.53 Å². The number of nitrogens with two attached hydrogens (primary N) is 1. The highest BCUT2D eigenvalue weighted by Gasteiger charge is 2.31. The van der Waals surface area contributed by atoms with Gasteiger partial charge in [0.05, 0.1) is 19.3 Å². The van der Waals surface area contributed by atoms with Crippen molar-refractivity contribution in [2.24, 2.45) is 11.7 Å². The number of hydrogen-bond donors (Lipinski definition) is 1. The highest BCUT2D eigenvalue weighted by atomic mass is 16.5. The van der Waals surface area contributed by atoms with E-state index in [1.54, 1.807) is 0 Å². The zero-order valence-electron chi connectivity index (χ0n) is 8.45. The summed E-state index contributed by atoms with van der Waals surface area (Å²) in [6.07, 6.45) is 3.17. The summed E-state index contributed by atoms with van der Waals surface area (Å²) in [5.41, 5.74) is 5.60. The molecule has 1 amide bonds. The topological polar surface area (TPSA) is 55.6 Å². The molecule has 2 aliphatic rings. The molecule has 0 radical (unpaired) electrons. The summed E-state index contributed by atoms with van der Waals surface area (Å²) < 4.78 is 5.30. The lowest BCUT2D eigenvalue weighted by atomic mass is 10.2. The van der Waals surface area contributed by atoms with Gasteiger partial charge in [-0.15, -0.1) is 0 Å². The summed E-state index contributed by atoms with van der Waals surface area (Å²) in [6, 6.07) is 0.106. The first kappa shape index (κ1) is 9.93. The van der Waals surface area contributed by atoms with E-state index in [2.05, 4.69) is 0 Å². The Labute approximate surface area is 84.4 Å². The Hall–Kier alpha value is -0.610. The highest BCUT2D eigenvalue weighted by molar-refractivity contribution is 5.77. The molecule has 1 saturated heterocycles. The quantitative estimate of drug-likeness (QED) is 0.693. The van der Waals surface area contributed by atoms with Gasteiger partial charge < -0.3 is 15.4 Å². The molecule has 0 aromatic carbocycles. The SMILES string of the molecule is NCC1COCCN1C(=O)CC1CC1. The molecule has 80 valence electrons. The third-order valence-electron chi connectivity index (χ3n) is 2.98. The van der Waals surface area contributed by atoms with Crippen LogP contribution >= 0.6 is 0 Å². The van der Waals surface area contributed by atoms with E-state index < -0.39 is 0 Å². The molecule has 14 heavy (non-hydrogen) atoms. The summed E-state index contributed by atoms with van der Waals surface area (Å²) in [4.78, 5) is 13.7. The molecule has 1 heterocycles. The molecule has 1 saturated carbocycles. The highest BCUT2D eigenvalue weighted by Crippen LogP contribution is 2.33. The third kappa shape index (κ3) is 2.25. The molecular formula is C10H18N2O2. The summed E-state index contributed by atoms with van der Waals surface area (Å²) >= 11 is 0. The second-order valence-electron chi connectivity index (χ2n) is 4.20. The zero-order valence-corrected chi connectivity index (χ0v) is 8.45. The Bertz CT molecular complexity index is 216. The average Bonchev–Trinajstić information content (AvgIpc) is 3.01. The van der Waals surface area contributed by atoms with E-state index in [1.165, 1.54) is 12.8 Å². The second-order valence-corrected chi connectivity index (χ2v) is 4.20. The van der Waals surface area contributed by atoms with Crippen molar-refractivity contribution in [1.29, 1.82) is 0 Å². The van der Waals surface area contributed by atoms with E-state index in [4.69, 9.17) is 10.5 Å². The fraction of sp³-hybridized carbons (Fsp3) is 0.900. The largest absolute Gasteiger partial charge is 0.377 e. The van der Waals surface area contributed by atoms with E-state index in [0.29, 0.717) is 32.2 Å². The minimum absolute atomic E-state index is 0.106. The summed E-state index contributed by atoms with van der Waals surface area (Å²) in [6.45, 7) is 2.49. The standard InChI is InChI=1S/C10H18N2O2/c11-6-9-7-14-4-3-12(9)10(13)5-8-1-2-8/h8-9H,1-7,11H2. The molecular weight excluding hydrogens is 180 g/mol. The van der Waals surface area contributed by atoms with Crippen LogP contribution in [0.15, 0.2) is 0 Å². The number of carbonyl (C=O) groups is 1. The van der Waals surface area contributed by atoms with Gasteiger partial charge >= 0.3 is 0 Å². The number of ether oxygens (including phenoxy) is 1. The second kappa shape index (κ2) is 4.28. The first-order valence-electron chi connectivity index (χ1n) is 5.38. The van der Waals surface area contributed by atoms with Gasteiger partial charge in [-0.3, -0.25) is 4.79 Å². The molecule has 4 nitrogen and oxygen atoms in total. The molecule has 4 heteroatoms. The van der Waals surface area contributed by atoms with Crippen molar-refractivity contribution in [2.45, 2.75) is 25.3 Å². The molecule has 2 rings (SSSR count). The van der Waals surface area contributed by atoms with E-state index in [-0.39, 0.29) is 11.9 Å². The lowest BCUT2D eigenvalue weighted by Crippen LogP contribution is -2.52. The normalized spacial score (nSPS) is 27.8. The van der Waals surface area contributed by atoms with Crippen molar-refractivity contribution in [3.8, 4) is 0 Å². The molecule has 2 N–H and O–H groups in total. The first-order valence-corrected chi connectivity index (χ1v) is 5.38. The minimum atomic E-state index is 0.106. The maximum atomic E-state index is 11.8. The Morgan fingerprint density at radius 3 is 2.93 bits per heavy atom. The number of hydrogen-bond acceptors (Lipinski definition) is 3. The Morgan fingerprint density at radius 1 is 1.50 bits per heavy atom. The number of amides is 1. The van der Waals surface area contributed by atoms with Crippen LogP contribution in [0.2, 0.25) is 0 Å². The van der Waals surface area contributed by atoms with E-state index >= 15 is 0 Å². The van der Waals surface area contributed by atoms with Crippen LogP contribution in [0.3, 0.4) is 0 Å². The Kier molecular flexibility index (Phi) is 3.03. The van der Waals surface area contributed by atoms with Crippen LogP contribution in [0.25, 0.3) is 0 Å². The minimum Gasteiger partial charge on any atom is -0.377 e. The number of carbonyl (C=O) groups excluding carboxylic acids is 1. The zero-order chi connectivity index (χ0) is 9.97. The van der Waals surface area contributed by atoms with Crippen LogP contribution in [-0.2, 0) is 9.53 Å². The van der Waals surface area contributed by atoms with Crippen molar-refractivity contribution >= 4 is 5.91 Å². The summed E-state index contributed by atoms with van der Waals surface area (Å²) in [7, 11) is 0. The average molecular weight is 198 g/mol. The predicted molar refractivity (Wildman–Crippen MR) is 52.7 cm³/mol. The number of nitrogens with zero attached hydrogens (tertiary/aromatic N) is 1. The maximum absolute atomic E-state index is 11.8. The maximum Gasteiger partial charge on any atom is 0.223 e. The number of morpholine rings is 1. The van der Waals surface area contributed by atoms with E-state index in [0.717, 1.165) is 6.42 Å². The molecule has 1 aliphatic carbocycles. The molecule has 0 spiro atoms. The van der Waals surface area contributed by atoms with Crippen molar-refractivity contribution in [1.82, 2.24) is 4.90 Å². The van der Waals surface area contributed by atoms with Gasteiger partial charge in [0.2, 0.25) is 5.91 Å². The fourth-order valence-corrected chi connectivity index (χ4v) is 1.86. The molecule has 0 aromatic rings. The predicted octanol–water partition coefficient (Wildman–Crippen LogP) is -0.0274. The van der Waals surface area contributed by atoms with Crippen molar-refractivity contribution in [2.75, 3.05) is 26.3 Å². The van der Waals surface area contributed by atoms with Gasteiger partial charge in [0.1, 0.15) is 0 Å². The van der Waals surface area contributed by atoms with E-state index in [1.807, 2.05) is 4.90 Å². The van der Waals surface area contributed by atoms with E-state index in [9.17, 15) is 4.79 Å². The molecule has 1 atom stereocenters. The Morgan fingerprint density at radius 2 is 2.29 bits per heavy atom. The summed E-state index contributed by atoms with van der Waals surface area (Å²) in [5.74, 6) is 0.926. The van der Waals surface area contributed by atoms with Gasteiger partial charge in [-0.2, -0.15) is 0 Å². The van der Waals surface area contributed by atoms with Crippen LogP contribution in [0.1, 0.15) is 19.3 Å². The molecule has 0 bridgehead atoms. The molecule has 1 aliphatic heterocycles. The lowest BCUT2D eigenvalue weighted by Gasteiger charge is -2.35. The monoisotopic (exact) mass is 198 g/mol. The number of rotatable bonds is 3. The van der Waals surface area contributed by atoms with Gasteiger partial charge in [-0.1, -0.05) is 0 Å². The van der Waals surface area contributed by atoms with Gasteiger partial charge in [-0.25, -0.2) is 0 Å². The third-order valence-corrected chi connectivity index (χ3v) is 2.98. The van der Waals surface area contributed by atoms with Gasteiger partial charge in [0, 0.05) is 19.5 Å². The van der Waals surface area contributed by atoms with Gasteiger partial charge in [0.25, 0.3) is 0 Å². The van der Waals surface area contributed by atoms with Gasteiger partial charge in [0.15, 0.2) is 0 Å².